The lowest BCUT2D eigenvalue weighted by Gasteiger charge is -2.10. The Hall–Kier alpha value is -3.45. The lowest BCUT2D eigenvalue weighted by Crippen LogP contribution is -2.23. The molecule has 158 valence electrons. The molecule has 7 heteroatoms. The maximum Gasteiger partial charge on any atom is 0.267 e. The number of pyridine rings is 1. The number of sulfone groups is 1. The van der Waals surface area contributed by atoms with Crippen LogP contribution in [-0.4, -0.2) is 24.3 Å². The number of H-pyrrole nitrogens is 1. The number of benzene rings is 2. The van der Waals surface area contributed by atoms with Crippen molar-refractivity contribution in [2.75, 3.05) is 0 Å². The summed E-state index contributed by atoms with van der Waals surface area (Å²) in [6, 6.07) is 17.2. The van der Waals surface area contributed by atoms with Crippen LogP contribution in [0.1, 0.15) is 41.4 Å². The molecule has 0 bridgehead atoms. The fourth-order valence-electron chi connectivity index (χ4n) is 3.34. The van der Waals surface area contributed by atoms with Crippen LogP contribution in [0.3, 0.4) is 0 Å². The normalized spacial score (nSPS) is 11.7. The minimum atomic E-state index is -3.60. The first-order valence-corrected chi connectivity index (χ1v) is 11.5. The summed E-state index contributed by atoms with van der Waals surface area (Å²) in [4.78, 5) is 20.0. The van der Waals surface area contributed by atoms with Crippen LogP contribution in [0.25, 0.3) is 10.9 Å². The van der Waals surface area contributed by atoms with E-state index in [1.54, 1.807) is 60.9 Å². The van der Waals surface area contributed by atoms with Crippen LogP contribution in [0.15, 0.2) is 82.8 Å². The van der Waals surface area contributed by atoms with Crippen LogP contribution in [0.5, 0.6) is 0 Å². The van der Waals surface area contributed by atoms with E-state index in [1.807, 2.05) is 26.0 Å². The van der Waals surface area contributed by atoms with Crippen molar-refractivity contribution in [2.45, 2.75) is 36.1 Å². The fourth-order valence-corrected chi connectivity index (χ4v) is 4.65. The van der Waals surface area contributed by atoms with Crippen molar-refractivity contribution in [3.05, 3.63) is 89.9 Å². The van der Waals surface area contributed by atoms with Crippen LogP contribution in [-0.2, 0) is 16.4 Å². The minimum absolute atomic E-state index is 0.228. The van der Waals surface area contributed by atoms with Gasteiger partial charge in [0.1, 0.15) is 5.69 Å². The topological polar surface area (TPSA) is 91.9 Å². The summed E-state index contributed by atoms with van der Waals surface area (Å²) in [6.07, 6.45) is 3.35. The molecular weight excluding hydrogens is 410 g/mol. The molecule has 0 saturated carbocycles. The molecule has 2 aromatic heterocycles. The van der Waals surface area contributed by atoms with E-state index in [-0.39, 0.29) is 28.2 Å². The van der Waals surface area contributed by atoms with Crippen molar-refractivity contribution in [3.8, 4) is 0 Å². The highest BCUT2D eigenvalue weighted by Gasteiger charge is 2.18. The molecule has 0 unspecified atom stereocenters. The molecule has 2 N–H and O–H groups in total. The summed E-state index contributed by atoms with van der Waals surface area (Å²) in [6.45, 7) is 4.35. The molecule has 1 amide bonds. The Balaban J connectivity index is 1.46. The fraction of sp³-hybridized carbons (Fsp3) is 0.167. The van der Waals surface area contributed by atoms with Gasteiger partial charge in [-0.15, -0.1) is 0 Å². The van der Waals surface area contributed by atoms with Gasteiger partial charge in [0.2, 0.25) is 9.84 Å². The van der Waals surface area contributed by atoms with E-state index in [1.165, 1.54) is 0 Å². The lowest BCUT2D eigenvalue weighted by molar-refractivity contribution is 0.0946. The highest BCUT2D eigenvalue weighted by atomic mass is 32.2. The molecule has 0 atom stereocenters. The average Bonchev–Trinajstić information content (AvgIpc) is 3.22. The number of rotatable bonds is 6. The smallest absolute Gasteiger partial charge is 0.267 e. The highest BCUT2D eigenvalue weighted by molar-refractivity contribution is 7.91. The number of carbonyl (C=O) groups is 1. The van der Waals surface area contributed by atoms with E-state index >= 15 is 0 Å². The van der Waals surface area contributed by atoms with Crippen molar-refractivity contribution in [2.24, 2.45) is 0 Å². The third-order valence-corrected chi connectivity index (χ3v) is 6.95. The number of hydrogen-bond acceptors (Lipinski definition) is 4. The Morgan fingerprint density at radius 3 is 2.52 bits per heavy atom. The van der Waals surface area contributed by atoms with Gasteiger partial charge < -0.3 is 10.3 Å². The quantitative estimate of drug-likeness (QED) is 0.470. The third-order valence-electron chi connectivity index (χ3n) is 5.19. The largest absolute Gasteiger partial charge is 0.350 e. The molecule has 0 aliphatic rings. The number of fused-ring (bicyclic) bond motifs is 1. The van der Waals surface area contributed by atoms with E-state index in [2.05, 4.69) is 15.3 Å². The second-order valence-electron chi connectivity index (χ2n) is 7.70. The molecule has 4 rings (SSSR count). The van der Waals surface area contributed by atoms with E-state index in [4.69, 9.17) is 0 Å². The Labute approximate surface area is 181 Å². The number of carbonyl (C=O) groups excluding carboxylic acids is 1. The number of nitrogens with one attached hydrogen (secondary N) is 2. The van der Waals surface area contributed by atoms with Crippen molar-refractivity contribution in [1.29, 1.82) is 0 Å². The second kappa shape index (κ2) is 8.35. The minimum Gasteiger partial charge on any atom is -0.350 e. The van der Waals surface area contributed by atoms with Crippen LogP contribution in [0.2, 0.25) is 0 Å². The summed E-state index contributed by atoms with van der Waals surface area (Å²) in [7, 11) is -3.60. The average molecular weight is 434 g/mol. The molecule has 0 aliphatic heterocycles. The van der Waals surface area contributed by atoms with Gasteiger partial charge in [-0.1, -0.05) is 38.1 Å². The van der Waals surface area contributed by atoms with Gasteiger partial charge in [0, 0.05) is 29.8 Å². The van der Waals surface area contributed by atoms with Crippen LogP contribution < -0.4 is 5.32 Å². The van der Waals surface area contributed by atoms with Gasteiger partial charge in [-0.2, -0.15) is 0 Å². The molecule has 2 aromatic carbocycles. The van der Waals surface area contributed by atoms with E-state index in [0.29, 0.717) is 5.69 Å². The first-order chi connectivity index (χ1) is 14.8. The van der Waals surface area contributed by atoms with Gasteiger partial charge in [0.25, 0.3) is 5.91 Å². The summed E-state index contributed by atoms with van der Waals surface area (Å²) in [5.74, 6) is 0.00747. The Morgan fingerprint density at radius 2 is 1.81 bits per heavy atom. The Morgan fingerprint density at radius 1 is 1.03 bits per heavy atom. The number of amides is 1. The van der Waals surface area contributed by atoms with E-state index in [0.717, 1.165) is 22.0 Å². The third kappa shape index (κ3) is 4.36. The van der Waals surface area contributed by atoms with Gasteiger partial charge in [-0.3, -0.25) is 9.78 Å². The first-order valence-electron chi connectivity index (χ1n) is 9.99. The van der Waals surface area contributed by atoms with Gasteiger partial charge in [-0.05, 0) is 53.4 Å². The van der Waals surface area contributed by atoms with Gasteiger partial charge in [0.05, 0.1) is 9.79 Å². The summed E-state index contributed by atoms with van der Waals surface area (Å²) in [5, 5.41) is 3.71. The van der Waals surface area contributed by atoms with Crippen LogP contribution in [0.4, 0.5) is 0 Å². The number of aromatic amines is 1. The van der Waals surface area contributed by atoms with Crippen LogP contribution in [0, 0.1) is 0 Å². The van der Waals surface area contributed by atoms with E-state index < -0.39 is 9.84 Å². The molecule has 6 nitrogen and oxygen atoms in total. The predicted octanol–water partition coefficient (Wildman–Crippen LogP) is 4.45. The molecule has 2 heterocycles. The molecule has 0 spiro atoms. The molecule has 0 aliphatic carbocycles. The first kappa shape index (κ1) is 20.8. The monoisotopic (exact) mass is 433 g/mol. The SMILES string of the molecule is CC(C)c1cccc(S(=O)(=O)c2ccc(CNC(=O)c3cc4cnccc4[nH]3)cc2)c1. The molecule has 0 fully saturated rings. The zero-order valence-electron chi connectivity index (χ0n) is 17.3. The lowest BCUT2D eigenvalue weighted by atomic mass is 10.0. The molecule has 0 radical (unpaired) electrons. The second-order valence-corrected chi connectivity index (χ2v) is 9.65. The Kier molecular flexibility index (Phi) is 5.61. The van der Waals surface area contributed by atoms with Crippen molar-refractivity contribution in [3.63, 3.8) is 0 Å². The zero-order valence-corrected chi connectivity index (χ0v) is 18.1. The van der Waals surface area contributed by atoms with E-state index in [9.17, 15) is 13.2 Å². The standard InChI is InChI=1S/C24H23N3O3S/c1-16(2)18-4-3-5-21(12-18)31(29,30)20-8-6-17(7-9-20)14-26-24(28)23-13-19-15-25-11-10-22(19)27-23/h3-13,15-16,27H,14H2,1-2H3,(H,26,28). The number of hydrogen-bond donors (Lipinski definition) is 2. The zero-order chi connectivity index (χ0) is 22.0. The maximum atomic E-state index is 13.0. The molecular formula is C24H23N3O3S. The van der Waals surface area contributed by atoms with Crippen molar-refractivity contribution >= 4 is 26.6 Å². The number of nitrogens with zero attached hydrogens (tertiary/aromatic N) is 1. The molecule has 31 heavy (non-hydrogen) atoms. The Bertz CT molecular complexity index is 1310. The predicted molar refractivity (Wildman–Crippen MR) is 120 cm³/mol. The van der Waals surface area contributed by atoms with Crippen LogP contribution >= 0.6 is 0 Å². The molecule has 4 aromatic rings. The van der Waals surface area contributed by atoms with Crippen molar-refractivity contribution in [1.82, 2.24) is 15.3 Å². The molecule has 0 saturated heterocycles. The van der Waals surface area contributed by atoms with Gasteiger partial charge >= 0.3 is 0 Å². The van der Waals surface area contributed by atoms with Gasteiger partial charge in [0.15, 0.2) is 0 Å². The summed E-state index contributed by atoms with van der Waals surface area (Å²) in [5.41, 5.74) is 3.08. The number of aromatic nitrogens is 2. The highest BCUT2D eigenvalue weighted by Crippen LogP contribution is 2.24. The summed E-state index contributed by atoms with van der Waals surface area (Å²) < 4.78 is 26.0. The summed E-state index contributed by atoms with van der Waals surface area (Å²) >= 11 is 0. The maximum absolute atomic E-state index is 13.0. The van der Waals surface area contributed by atoms with Crippen molar-refractivity contribution < 1.29 is 13.2 Å². The van der Waals surface area contributed by atoms with Gasteiger partial charge in [-0.25, -0.2) is 8.42 Å².